The Hall–Kier alpha value is -1.75. The van der Waals surface area contributed by atoms with Crippen LogP contribution in [0.25, 0.3) is 11.4 Å². The summed E-state index contributed by atoms with van der Waals surface area (Å²) in [4.78, 5) is 4.45. The lowest BCUT2D eigenvalue weighted by Crippen LogP contribution is -2.25. The maximum Gasteiger partial charge on any atom is 0.230 e. The van der Waals surface area contributed by atoms with Crippen LogP contribution in [0, 0.1) is 12.7 Å². The first-order chi connectivity index (χ1) is 9.63. The smallest absolute Gasteiger partial charge is 0.230 e. The van der Waals surface area contributed by atoms with Gasteiger partial charge >= 0.3 is 0 Å². The number of rotatable bonds is 2. The molecule has 5 heteroatoms. The summed E-state index contributed by atoms with van der Waals surface area (Å²) in [5.41, 5.74) is 7.52. The van der Waals surface area contributed by atoms with Crippen LogP contribution in [0.15, 0.2) is 22.7 Å². The number of hydrogen-bond donors (Lipinski definition) is 1. The minimum Gasteiger partial charge on any atom is -0.339 e. The Kier molecular flexibility index (Phi) is 3.53. The summed E-state index contributed by atoms with van der Waals surface area (Å²) in [6, 6.07) is 4.89. The maximum absolute atomic E-state index is 13.3. The Morgan fingerprint density at radius 1 is 1.25 bits per heavy atom. The summed E-state index contributed by atoms with van der Waals surface area (Å²) in [7, 11) is 0. The number of nitrogens with two attached hydrogens (primary N) is 1. The Morgan fingerprint density at radius 2 is 2.00 bits per heavy atom. The molecule has 20 heavy (non-hydrogen) atoms. The highest BCUT2D eigenvalue weighted by Gasteiger charge is 2.25. The fraction of sp³-hybridized carbons (Fsp3) is 0.467. The molecule has 2 N–H and O–H groups in total. The molecule has 0 atom stereocenters. The van der Waals surface area contributed by atoms with Crippen LogP contribution in [0.2, 0.25) is 0 Å². The van der Waals surface area contributed by atoms with E-state index < -0.39 is 0 Å². The van der Waals surface area contributed by atoms with Crippen LogP contribution in [0.4, 0.5) is 4.39 Å². The second kappa shape index (κ2) is 5.32. The quantitative estimate of drug-likeness (QED) is 0.914. The zero-order valence-corrected chi connectivity index (χ0v) is 11.5. The highest BCUT2D eigenvalue weighted by Crippen LogP contribution is 2.32. The van der Waals surface area contributed by atoms with Gasteiger partial charge in [0.15, 0.2) is 0 Å². The Bertz CT molecular complexity index is 603. The SMILES string of the molecule is Cc1ccc(F)cc1-c1noc(C2CCC(N)CC2)n1. The zero-order valence-electron chi connectivity index (χ0n) is 11.5. The van der Waals surface area contributed by atoms with Gasteiger partial charge in [0.2, 0.25) is 11.7 Å². The van der Waals surface area contributed by atoms with E-state index >= 15 is 0 Å². The predicted octanol–water partition coefficient (Wildman–Crippen LogP) is 3.17. The average molecular weight is 275 g/mol. The molecule has 0 amide bonds. The first-order valence-electron chi connectivity index (χ1n) is 6.99. The van der Waals surface area contributed by atoms with Gasteiger partial charge in [-0.25, -0.2) is 4.39 Å². The lowest BCUT2D eigenvalue weighted by molar-refractivity contribution is 0.301. The molecule has 0 unspecified atom stereocenters. The molecule has 1 aromatic carbocycles. The molecule has 0 radical (unpaired) electrons. The van der Waals surface area contributed by atoms with E-state index in [9.17, 15) is 4.39 Å². The molecule has 106 valence electrons. The van der Waals surface area contributed by atoms with Gasteiger partial charge < -0.3 is 10.3 Å². The van der Waals surface area contributed by atoms with Crippen LogP contribution < -0.4 is 5.73 Å². The molecule has 2 aromatic rings. The van der Waals surface area contributed by atoms with Gasteiger partial charge in [-0.05, 0) is 50.3 Å². The molecule has 1 heterocycles. The van der Waals surface area contributed by atoms with Gasteiger partial charge in [0.1, 0.15) is 5.82 Å². The molecule has 0 saturated heterocycles. The van der Waals surface area contributed by atoms with Gasteiger partial charge in [0.25, 0.3) is 0 Å². The number of aryl methyl sites for hydroxylation is 1. The highest BCUT2D eigenvalue weighted by molar-refractivity contribution is 5.59. The minimum absolute atomic E-state index is 0.282. The number of halogens is 1. The number of benzene rings is 1. The van der Waals surface area contributed by atoms with Crippen molar-refractivity contribution in [2.24, 2.45) is 5.73 Å². The molecule has 0 aliphatic heterocycles. The van der Waals surface area contributed by atoms with Crippen LogP contribution >= 0.6 is 0 Å². The Labute approximate surface area is 117 Å². The van der Waals surface area contributed by atoms with Crippen LogP contribution in [0.3, 0.4) is 0 Å². The van der Waals surface area contributed by atoms with E-state index in [0.717, 1.165) is 31.2 Å². The van der Waals surface area contributed by atoms with Crippen molar-refractivity contribution in [2.45, 2.75) is 44.6 Å². The van der Waals surface area contributed by atoms with Gasteiger partial charge in [-0.2, -0.15) is 4.98 Å². The monoisotopic (exact) mass is 275 g/mol. The lowest BCUT2D eigenvalue weighted by Gasteiger charge is -2.22. The van der Waals surface area contributed by atoms with E-state index in [1.165, 1.54) is 12.1 Å². The summed E-state index contributed by atoms with van der Waals surface area (Å²) < 4.78 is 18.7. The molecular weight excluding hydrogens is 257 g/mol. The first kappa shape index (κ1) is 13.2. The average Bonchev–Trinajstić information content (AvgIpc) is 2.92. The third kappa shape index (κ3) is 2.58. The number of nitrogens with zero attached hydrogens (tertiary/aromatic N) is 2. The van der Waals surface area contributed by atoms with Crippen molar-refractivity contribution in [3.05, 3.63) is 35.5 Å². The van der Waals surface area contributed by atoms with Crippen LogP contribution in [-0.2, 0) is 0 Å². The van der Waals surface area contributed by atoms with E-state index in [0.29, 0.717) is 23.3 Å². The third-order valence-corrected chi connectivity index (χ3v) is 4.00. The van der Waals surface area contributed by atoms with Crippen molar-refractivity contribution >= 4 is 0 Å². The summed E-state index contributed by atoms with van der Waals surface area (Å²) in [6.45, 7) is 1.91. The largest absolute Gasteiger partial charge is 0.339 e. The van der Waals surface area contributed by atoms with Crippen molar-refractivity contribution in [1.82, 2.24) is 10.1 Å². The lowest BCUT2D eigenvalue weighted by atomic mass is 9.86. The normalized spacial score (nSPS) is 22.9. The topological polar surface area (TPSA) is 64.9 Å². The Balaban J connectivity index is 1.85. The molecule has 3 rings (SSSR count). The van der Waals surface area contributed by atoms with Crippen molar-refractivity contribution in [3.8, 4) is 11.4 Å². The van der Waals surface area contributed by atoms with Crippen LogP contribution in [0.1, 0.15) is 43.1 Å². The fourth-order valence-electron chi connectivity index (χ4n) is 2.71. The number of hydrogen-bond acceptors (Lipinski definition) is 4. The van der Waals surface area contributed by atoms with Crippen molar-refractivity contribution < 1.29 is 8.91 Å². The van der Waals surface area contributed by atoms with E-state index in [4.69, 9.17) is 10.3 Å². The van der Waals surface area contributed by atoms with Crippen molar-refractivity contribution in [2.75, 3.05) is 0 Å². The molecule has 1 aliphatic rings. The highest BCUT2D eigenvalue weighted by atomic mass is 19.1. The van der Waals surface area contributed by atoms with Gasteiger partial charge in [-0.3, -0.25) is 0 Å². The summed E-state index contributed by atoms with van der Waals surface area (Å²) in [5.74, 6) is 1.10. The predicted molar refractivity (Wildman–Crippen MR) is 73.6 cm³/mol. The fourth-order valence-corrected chi connectivity index (χ4v) is 2.71. The van der Waals surface area contributed by atoms with Gasteiger partial charge in [-0.15, -0.1) is 0 Å². The van der Waals surface area contributed by atoms with Crippen molar-refractivity contribution in [3.63, 3.8) is 0 Å². The van der Waals surface area contributed by atoms with Gasteiger partial charge in [-0.1, -0.05) is 11.2 Å². The van der Waals surface area contributed by atoms with Gasteiger partial charge in [0, 0.05) is 17.5 Å². The van der Waals surface area contributed by atoms with E-state index in [-0.39, 0.29) is 11.7 Å². The molecule has 1 saturated carbocycles. The van der Waals surface area contributed by atoms with Crippen LogP contribution in [0.5, 0.6) is 0 Å². The third-order valence-electron chi connectivity index (χ3n) is 4.00. The van der Waals surface area contributed by atoms with Crippen molar-refractivity contribution in [1.29, 1.82) is 0 Å². The van der Waals surface area contributed by atoms with Gasteiger partial charge in [0.05, 0.1) is 0 Å². The second-order valence-electron chi connectivity index (χ2n) is 5.53. The maximum atomic E-state index is 13.3. The second-order valence-corrected chi connectivity index (χ2v) is 5.53. The molecule has 1 aromatic heterocycles. The molecule has 1 aliphatic carbocycles. The number of aromatic nitrogens is 2. The summed E-state index contributed by atoms with van der Waals surface area (Å²) in [5, 5.41) is 4.00. The van der Waals surface area contributed by atoms with E-state index in [1.807, 2.05) is 6.92 Å². The summed E-state index contributed by atoms with van der Waals surface area (Å²) >= 11 is 0. The van der Waals surface area contributed by atoms with Crippen LogP contribution in [-0.4, -0.2) is 16.2 Å². The molecule has 0 spiro atoms. The zero-order chi connectivity index (χ0) is 14.1. The molecule has 0 bridgehead atoms. The van der Waals surface area contributed by atoms with E-state index in [1.54, 1.807) is 6.07 Å². The molecular formula is C15H18FN3O. The summed E-state index contributed by atoms with van der Waals surface area (Å²) in [6.07, 6.45) is 3.93. The standard InChI is InChI=1S/C15H18FN3O/c1-9-2-5-11(16)8-13(9)14-18-15(20-19-14)10-3-6-12(17)7-4-10/h2,5,8,10,12H,3-4,6-7,17H2,1H3. The Morgan fingerprint density at radius 3 is 2.75 bits per heavy atom. The first-order valence-corrected chi connectivity index (χ1v) is 6.99. The van der Waals surface area contributed by atoms with E-state index in [2.05, 4.69) is 10.1 Å². The molecule has 1 fully saturated rings. The minimum atomic E-state index is -0.291. The molecule has 4 nitrogen and oxygen atoms in total.